The Morgan fingerprint density at radius 1 is 1.04 bits per heavy atom. The van der Waals surface area contributed by atoms with Crippen molar-refractivity contribution in [1.29, 1.82) is 5.26 Å². The summed E-state index contributed by atoms with van der Waals surface area (Å²) >= 11 is 0. The van der Waals surface area contributed by atoms with E-state index in [1.165, 1.54) is 13.3 Å². The average molecular weight is 321 g/mol. The second-order valence-corrected chi connectivity index (χ2v) is 4.70. The monoisotopic (exact) mass is 321 g/mol. The standard InChI is InChI=1S/C18H15N3O3/c1-24-18(23)13-7-9-15(10-8-13)20-12-14(11-19)17(22)21-16-5-3-2-4-6-16/h2-10,12,20H,1H3,(H,21,22). The van der Waals surface area contributed by atoms with Crippen LogP contribution >= 0.6 is 0 Å². The SMILES string of the molecule is COC(=O)c1ccc(NC=C(C#N)C(=O)Nc2ccccc2)cc1. The fourth-order valence-electron chi connectivity index (χ4n) is 1.84. The second-order valence-electron chi connectivity index (χ2n) is 4.70. The maximum absolute atomic E-state index is 12.0. The number of nitrogens with one attached hydrogen (secondary N) is 2. The topological polar surface area (TPSA) is 91.2 Å². The lowest BCUT2D eigenvalue weighted by molar-refractivity contribution is -0.112. The van der Waals surface area contributed by atoms with Crippen LogP contribution in [0.25, 0.3) is 0 Å². The van der Waals surface area contributed by atoms with E-state index < -0.39 is 11.9 Å². The Labute approximate surface area is 139 Å². The zero-order valence-electron chi connectivity index (χ0n) is 12.9. The summed E-state index contributed by atoms with van der Waals surface area (Å²) in [5.74, 6) is -0.945. The molecule has 0 aromatic heterocycles. The first kappa shape index (κ1) is 16.8. The Kier molecular flexibility index (Phi) is 5.70. The molecule has 0 radical (unpaired) electrons. The van der Waals surface area contributed by atoms with Crippen LogP contribution in [-0.2, 0) is 9.53 Å². The first-order valence-corrected chi connectivity index (χ1v) is 7.05. The molecule has 6 nitrogen and oxygen atoms in total. The van der Waals surface area contributed by atoms with Gasteiger partial charge in [0.05, 0.1) is 12.7 Å². The predicted molar refractivity (Wildman–Crippen MR) is 90.2 cm³/mol. The molecule has 0 aliphatic heterocycles. The third-order valence-corrected chi connectivity index (χ3v) is 3.09. The molecule has 0 saturated carbocycles. The summed E-state index contributed by atoms with van der Waals surface area (Å²) in [7, 11) is 1.31. The number of anilines is 2. The van der Waals surface area contributed by atoms with Crippen molar-refractivity contribution in [3.63, 3.8) is 0 Å². The van der Waals surface area contributed by atoms with Gasteiger partial charge in [0.25, 0.3) is 5.91 Å². The van der Waals surface area contributed by atoms with Crippen LogP contribution in [0.3, 0.4) is 0 Å². The van der Waals surface area contributed by atoms with Crippen molar-refractivity contribution in [3.8, 4) is 6.07 Å². The van der Waals surface area contributed by atoms with Gasteiger partial charge in [0.1, 0.15) is 11.6 Å². The van der Waals surface area contributed by atoms with Gasteiger partial charge in [-0.3, -0.25) is 4.79 Å². The molecule has 0 saturated heterocycles. The molecule has 2 aromatic rings. The largest absolute Gasteiger partial charge is 0.465 e. The van der Waals surface area contributed by atoms with E-state index in [-0.39, 0.29) is 5.57 Å². The Morgan fingerprint density at radius 3 is 2.29 bits per heavy atom. The number of carbonyl (C=O) groups is 2. The fourth-order valence-corrected chi connectivity index (χ4v) is 1.84. The van der Waals surface area contributed by atoms with Gasteiger partial charge in [-0.1, -0.05) is 18.2 Å². The number of benzene rings is 2. The molecule has 1 amide bonds. The molecule has 6 heteroatoms. The molecule has 0 spiro atoms. The van der Waals surface area contributed by atoms with Crippen molar-refractivity contribution in [2.45, 2.75) is 0 Å². The van der Waals surface area contributed by atoms with Crippen LogP contribution in [0.2, 0.25) is 0 Å². The highest BCUT2D eigenvalue weighted by Gasteiger charge is 2.09. The molecule has 2 N–H and O–H groups in total. The van der Waals surface area contributed by atoms with Gasteiger partial charge in [-0.25, -0.2) is 4.79 Å². The number of nitriles is 1. The molecule has 24 heavy (non-hydrogen) atoms. The lowest BCUT2D eigenvalue weighted by atomic mass is 10.2. The summed E-state index contributed by atoms with van der Waals surface area (Å²) in [6.45, 7) is 0. The molecular weight excluding hydrogens is 306 g/mol. The zero-order chi connectivity index (χ0) is 17.4. The first-order valence-electron chi connectivity index (χ1n) is 7.05. The summed E-state index contributed by atoms with van der Waals surface area (Å²) in [5, 5.41) is 14.6. The molecule has 0 unspecified atom stereocenters. The van der Waals surface area contributed by atoms with E-state index in [0.717, 1.165) is 0 Å². The van der Waals surface area contributed by atoms with E-state index in [2.05, 4.69) is 15.4 Å². The summed E-state index contributed by atoms with van der Waals surface area (Å²) in [5.41, 5.74) is 1.57. The minimum absolute atomic E-state index is 0.0732. The van der Waals surface area contributed by atoms with Crippen molar-refractivity contribution >= 4 is 23.3 Å². The molecule has 0 aliphatic rings. The van der Waals surface area contributed by atoms with Gasteiger partial charge in [-0.2, -0.15) is 5.26 Å². The van der Waals surface area contributed by atoms with Gasteiger partial charge in [0.15, 0.2) is 0 Å². The van der Waals surface area contributed by atoms with E-state index in [1.807, 2.05) is 12.1 Å². The van der Waals surface area contributed by atoms with Crippen molar-refractivity contribution in [2.24, 2.45) is 0 Å². The molecular formula is C18H15N3O3. The van der Waals surface area contributed by atoms with E-state index in [1.54, 1.807) is 48.5 Å². The van der Waals surface area contributed by atoms with Crippen molar-refractivity contribution in [2.75, 3.05) is 17.7 Å². The molecule has 0 fully saturated rings. The van der Waals surface area contributed by atoms with Gasteiger partial charge >= 0.3 is 5.97 Å². The van der Waals surface area contributed by atoms with Gasteiger partial charge in [0.2, 0.25) is 0 Å². The number of hydrogen-bond donors (Lipinski definition) is 2. The van der Waals surface area contributed by atoms with Gasteiger partial charge in [-0.05, 0) is 36.4 Å². The quantitative estimate of drug-likeness (QED) is 0.502. The first-order chi connectivity index (χ1) is 11.6. The summed E-state index contributed by atoms with van der Waals surface area (Å²) in [6, 6.07) is 17.2. The highest BCUT2D eigenvalue weighted by Crippen LogP contribution is 2.12. The van der Waals surface area contributed by atoms with Crippen LogP contribution < -0.4 is 10.6 Å². The highest BCUT2D eigenvalue weighted by molar-refractivity contribution is 6.06. The van der Waals surface area contributed by atoms with Gasteiger partial charge in [-0.15, -0.1) is 0 Å². The smallest absolute Gasteiger partial charge is 0.337 e. The number of esters is 1. The van der Waals surface area contributed by atoms with Gasteiger partial charge < -0.3 is 15.4 Å². The average Bonchev–Trinajstić information content (AvgIpc) is 2.63. The number of hydrogen-bond acceptors (Lipinski definition) is 5. The van der Waals surface area contributed by atoms with Crippen LogP contribution in [0.5, 0.6) is 0 Å². The highest BCUT2D eigenvalue weighted by atomic mass is 16.5. The molecule has 0 heterocycles. The number of nitrogens with zero attached hydrogens (tertiary/aromatic N) is 1. The van der Waals surface area contributed by atoms with E-state index in [9.17, 15) is 9.59 Å². The Balaban J connectivity index is 2.04. The van der Waals surface area contributed by atoms with Crippen molar-refractivity contribution in [3.05, 3.63) is 71.9 Å². The van der Waals surface area contributed by atoms with Crippen LogP contribution in [-0.4, -0.2) is 19.0 Å². The molecule has 0 aliphatic carbocycles. The number of ether oxygens (including phenoxy) is 1. The van der Waals surface area contributed by atoms with Crippen molar-refractivity contribution in [1.82, 2.24) is 0 Å². The minimum atomic E-state index is -0.512. The number of amides is 1. The van der Waals surface area contributed by atoms with Crippen molar-refractivity contribution < 1.29 is 14.3 Å². The number of para-hydroxylation sites is 1. The molecule has 0 atom stereocenters. The molecule has 0 bridgehead atoms. The third kappa shape index (κ3) is 4.45. The molecule has 120 valence electrons. The minimum Gasteiger partial charge on any atom is -0.465 e. The van der Waals surface area contributed by atoms with E-state index in [0.29, 0.717) is 16.9 Å². The maximum Gasteiger partial charge on any atom is 0.337 e. The summed E-state index contributed by atoms with van der Waals surface area (Å²) in [6.07, 6.45) is 1.31. The summed E-state index contributed by atoms with van der Waals surface area (Å²) < 4.78 is 4.61. The Morgan fingerprint density at radius 2 is 1.71 bits per heavy atom. The lowest BCUT2D eigenvalue weighted by Crippen LogP contribution is -2.14. The molecule has 2 rings (SSSR count). The zero-order valence-corrected chi connectivity index (χ0v) is 12.9. The Bertz CT molecular complexity index is 791. The lowest BCUT2D eigenvalue weighted by Gasteiger charge is -2.05. The van der Waals surface area contributed by atoms with Gasteiger partial charge in [0, 0.05) is 17.6 Å². The number of carbonyl (C=O) groups excluding carboxylic acids is 2. The normalized spacial score (nSPS) is 10.4. The second kappa shape index (κ2) is 8.15. The maximum atomic E-state index is 12.0. The van der Waals surface area contributed by atoms with E-state index in [4.69, 9.17) is 5.26 Å². The predicted octanol–water partition coefficient (Wildman–Crippen LogP) is 2.93. The third-order valence-electron chi connectivity index (χ3n) is 3.09. The van der Waals surface area contributed by atoms with Crippen LogP contribution in [0, 0.1) is 11.3 Å². The van der Waals surface area contributed by atoms with E-state index >= 15 is 0 Å². The number of methoxy groups -OCH3 is 1. The summed E-state index contributed by atoms with van der Waals surface area (Å²) in [4.78, 5) is 23.4. The number of rotatable bonds is 5. The fraction of sp³-hybridized carbons (Fsp3) is 0.0556. The molecule has 2 aromatic carbocycles. The van der Waals surface area contributed by atoms with Crippen LogP contribution in [0.1, 0.15) is 10.4 Å². The van der Waals surface area contributed by atoms with Crippen LogP contribution in [0.15, 0.2) is 66.4 Å². The Hall–Kier alpha value is -3.59. The van der Waals surface area contributed by atoms with Crippen LogP contribution in [0.4, 0.5) is 11.4 Å².